The van der Waals surface area contributed by atoms with Crippen molar-refractivity contribution in [3.05, 3.63) is 47.9 Å². The molecule has 0 bridgehead atoms. The summed E-state index contributed by atoms with van der Waals surface area (Å²) in [6, 6.07) is 7.47. The summed E-state index contributed by atoms with van der Waals surface area (Å²) in [6.07, 6.45) is 1.36. The average molecular weight is 388 g/mol. The number of methoxy groups -OCH3 is 1. The van der Waals surface area contributed by atoms with Gasteiger partial charge in [0.15, 0.2) is 12.4 Å². The summed E-state index contributed by atoms with van der Waals surface area (Å²) in [7, 11) is 1.50. The molecule has 1 unspecified atom stereocenters. The molecule has 0 radical (unpaired) electrons. The molecule has 0 fully saturated rings. The fraction of sp³-hybridized carbons (Fsp3) is 0.350. The first-order valence-corrected chi connectivity index (χ1v) is 8.77. The van der Waals surface area contributed by atoms with E-state index in [4.69, 9.17) is 13.9 Å². The molecule has 0 aliphatic rings. The van der Waals surface area contributed by atoms with Gasteiger partial charge in [-0.2, -0.15) is 0 Å². The molecule has 1 atom stereocenters. The SMILES string of the molecule is COc1ccc(C)cc1NC(=O)COC(=O)C(NC(=O)c1ccco1)C(C)C. The van der Waals surface area contributed by atoms with Gasteiger partial charge in [0.25, 0.3) is 11.8 Å². The third kappa shape index (κ3) is 5.60. The van der Waals surface area contributed by atoms with E-state index in [0.717, 1.165) is 5.56 Å². The molecule has 0 saturated heterocycles. The van der Waals surface area contributed by atoms with Gasteiger partial charge in [-0.15, -0.1) is 0 Å². The maximum absolute atomic E-state index is 12.4. The number of rotatable bonds is 8. The highest BCUT2D eigenvalue weighted by Crippen LogP contribution is 2.25. The minimum Gasteiger partial charge on any atom is -0.495 e. The highest BCUT2D eigenvalue weighted by molar-refractivity contribution is 5.96. The van der Waals surface area contributed by atoms with Crippen LogP contribution in [0.4, 0.5) is 5.69 Å². The van der Waals surface area contributed by atoms with Gasteiger partial charge in [-0.3, -0.25) is 9.59 Å². The topological polar surface area (TPSA) is 107 Å². The van der Waals surface area contributed by atoms with E-state index >= 15 is 0 Å². The maximum atomic E-state index is 12.4. The largest absolute Gasteiger partial charge is 0.495 e. The molecule has 0 aliphatic carbocycles. The Labute approximate surface area is 163 Å². The van der Waals surface area contributed by atoms with Crippen molar-refractivity contribution in [2.75, 3.05) is 19.0 Å². The van der Waals surface area contributed by atoms with Crippen molar-refractivity contribution in [2.45, 2.75) is 26.8 Å². The van der Waals surface area contributed by atoms with Crippen LogP contribution in [0.1, 0.15) is 30.0 Å². The van der Waals surface area contributed by atoms with Crippen molar-refractivity contribution in [3.8, 4) is 5.75 Å². The first-order valence-electron chi connectivity index (χ1n) is 8.77. The number of esters is 1. The standard InChI is InChI=1S/C20H24N2O6/c1-12(2)18(22-19(24)16-6-5-9-27-16)20(25)28-11-17(23)21-14-10-13(3)7-8-15(14)26-4/h5-10,12,18H,11H2,1-4H3,(H,21,23)(H,22,24). The smallest absolute Gasteiger partial charge is 0.329 e. The zero-order valence-corrected chi connectivity index (χ0v) is 16.3. The summed E-state index contributed by atoms with van der Waals surface area (Å²) in [5.74, 6) is -1.42. The van der Waals surface area contributed by atoms with E-state index in [2.05, 4.69) is 10.6 Å². The Morgan fingerprint density at radius 2 is 1.93 bits per heavy atom. The molecule has 8 heteroatoms. The number of hydrogen-bond acceptors (Lipinski definition) is 6. The number of furan rings is 1. The number of benzene rings is 1. The number of anilines is 1. The van der Waals surface area contributed by atoms with Crippen molar-refractivity contribution in [1.29, 1.82) is 0 Å². The van der Waals surface area contributed by atoms with Crippen LogP contribution < -0.4 is 15.4 Å². The molecule has 0 aliphatic heterocycles. The Balaban J connectivity index is 1.94. The van der Waals surface area contributed by atoms with Gasteiger partial charge in [-0.25, -0.2) is 4.79 Å². The molecule has 1 heterocycles. The lowest BCUT2D eigenvalue weighted by Gasteiger charge is -2.20. The quantitative estimate of drug-likeness (QED) is 0.673. The van der Waals surface area contributed by atoms with Crippen LogP contribution in [-0.4, -0.2) is 37.5 Å². The van der Waals surface area contributed by atoms with Crippen molar-refractivity contribution in [2.24, 2.45) is 5.92 Å². The summed E-state index contributed by atoms with van der Waals surface area (Å²) >= 11 is 0. The average Bonchev–Trinajstić information content (AvgIpc) is 3.19. The van der Waals surface area contributed by atoms with Gasteiger partial charge < -0.3 is 24.5 Å². The summed E-state index contributed by atoms with van der Waals surface area (Å²) in [4.78, 5) is 36.6. The molecule has 2 rings (SSSR count). The monoisotopic (exact) mass is 388 g/mol. The van der Waals surface area contributed by atoms with Crippen LogP contribution in [-0.2, 0) is 14.3 Å². The van der Waals surface area contributed by atoms with Crippen molar-refractivity contribution >= 4 is 23.5 Å². The minimum atomic E-state index is -0.918. The number of ether oxygens (including phenoxy) is 2. The third-order valence-corrected chi connectivity index (χ3v) is 3.93. The molecule has 2 N–H and O–H groups in total. The molecule has 1 aromatic heterocycles. The Morgan fingerprint density at radius 1 is 1.18 bits per heavy atom. The molecule has 8 nitrogen and oxygen atoms in total. The zero-order chi connectivity index (χ0) is 20.7. The summed E-state index contributed by atoms with van der Waals surface area (Å²) < 4.78 is 15.3. The molecule has 2 amide bonds. The van der Waals surface area contributed by atoms with Crippen molar-refractivity contribution < 1.29 is 28.3 Å². The molecular weight excluding hydrogens is 364 g/mol. The second-order valence-corrected chi connectivity index (χ2v) is 6.53. The van der Waals surface area contributed by atoms with Crippen LogP contribution in [0.2, 0.25) is 0 Å². The van der Waals surface area contributed by atoms with E-state index < -0.39 is 30.4 Å². The lowest BCUT2D eigenvalue weighted by atomic mass is 10.0. The van der Waals surface area contributed by atoms with Crippen molar-refractivity contribution in [1.82, 2.24) is 5.32 Å². The Morgan fingerprint density at radius 3 is 2.54 bits per heavy atom. The predicted molar refractivity (Wildman–Crippen MR) is 102 cm³/mol. The predicted octanol–water partition coefficient (Wildman–Crippen LogP) is 2.53. The van der Waals surface area contributed by atoms with E-state index in [1.54, 1.807) is 32.0 Å². The number of aryl methyl sites for hydroxylation is 1. The number of carbonyl (C=O) groups is 3. The number of hydrogen-bond donors (Lipinski definition) is 2. The number of carbonyl (C=O) groups excluding carboxylic acids is 3. The molecule has 0 saturated carbocycles. The first kappa shape index (κ1) is 21.0. The second-order valence-electron chi connectivity index (χ2n) is 6.53. The summed E-state index contributed by atoms with van der Waals surface area (Å²) in [5.41, 5.74) is 1.42. The number of nitrogens with one attached hydrogen (secondary N) is 2. The van der Waals surface area contributed by atoms with Gasteiger partial charge >= 0.3 is 5.97 Å². The Bertz CT molecular complexity index is 829. The molecule has 150 valence electrons. The zero-order valence-electron chi connectivity index (χ0n) is 16.3. The third-order valence-electron chi connectivity index (χ3n) is 3.93. The lowest BCUT2D eigenvalue weighted by Crippen LogP contribution is -2.45. The van der Waals surface area contributed by atoms with E-state index in [1.165, 1.54) is 19.4 Å². The maximum Gasteiger partial charge on any atom is 0.329 e. The Kier molecular flexibility index (Phi) is 7.20. The molecule has 28 heavy (non-hydrogen) atoms. The van der Waals surface area contributed by atoms with Gasteiger partial charge in [0.2, 0.25) is 0 Å². The van der Waals surface area contributed by atoms with Gasteiger partial charge in [-0.05, 0) is 42.7 Å². The molecule has 2 aromatic rings. The van der Waals surface area contributed by atoms with Crippen LogP contribution in [0.25, 0.3) is 0 Å². The fourth-order valence-corrected chi connectivity index (χ4v) is 2.45. The van der Waals surface area contributed by atoms with Gasteiger partial charge in [0.05, 0.1) is 19.1 Å². The summed E-state index contributed by atoms with van der Waals surface area (Å²) in [6.45, 7) is 4.90. The first-order chi connectivity index (χ1) is 13.3. The second kappa shape index (κ2) is 9.59. The van der Waals surface area contributed by atoms with E-state index in [1.807, 2.05) is 13.0 Å². The van der Waals surface area contributed by atoms with Gasteiger partial charge in [0, 0.05) is 0 Å². The van der Waals surface area contributed by atoms with Crippen molar-refractivity contribution in [3.63, 3.8) is 0 Å². The molecule has 1 aromatic carbocycles. The van der Waals surface area contributed by atoms with Crippen LogP contribution in [0.15, 0.2) is 41.0 Å². The van der Waals surface area contributed by atoms with E-state index in [-0.39, 0.29) is 11.7 Å². The Hall–Kier alpha value is -3.29. The van der Waals surface area contributed by atoms with Crippen LogP contribution in [0.3, 0.4) is 0 Å². The molecule has 0 spiro atoms. The van der Waals surface area contributed by atoms with Gasteiger partial charge in [-0.1, -0.05) is 19.9 Å². The van der Waals surface area contributed by atoms with Crippen LogP contribution in [0, 0.1) is 12.8 Å². The highest BCUT2D eigenvalue weighted by atomic mass is 16.5. The minimum absolute atomic E-state index is 0.0859. The summed E-state index contributed by atoms with van der Waals surface area (Å²) in [5, 5.41) is 5.20. The van der Waals surface area contributed by atoms with Crippen LogP contribution >= 0.6 is 0 Å². The normalized spacial score (nSPS) is 11.6. The van der Waals surface area contributed by atoms with Gasteiger partial charge in [0.1, 0.15) is 11.8 Å². The van der Waals surface area contributed by atoms with Crippen LogP contribution in [0.5, 0.6) is 5.75 Å². The number of amides is 2. The highest BCUT2D eigenvalue weighted by Gasteiger charge is 2.27. The molecular formula is C20H24N2O6. The fourth-order valence-electron chi connectivity index (χ4n) is 2.45. The van der Waals surface area contributed by atoms with E-state index in [0.29, 0.717) is 11.4 Å². The van der Waals surface area contributed by atoms with E-state index in [9.17, 15) is 14.4 Å². The lowest BCUT2D eigenvalue weighted by molar-refractivity contribution is -0.150.